The summed E-state index contributed by atoms with van der Waals surface area (Å²) in [6, 6.07) is 10.5. The summed E-state index contributed by atoms with van der Waals surface area (Å²) >= 11 is 0. The standard InChI is InChI=1S/C16H16N4/c1-20-15(19-14-5-3-9-18-16(14)20)12-6-7-13-11(10-12)4-2-8-17-13/h3,5-7,9-10,17H,2,4,8H2,1H3. The van der Waals surface area contributed by atoms with Crippen LogP contribution in [0.3, 0.4) is 0 Å². The van der Waals surface area contributed by atoms with Crippen LogP contribution in [0.2, 0.25) is 0 Å². The zero-order valence-electron chi connectivity index (χ0n) is 11.4. The number of pyridine rings is 1. The van der Waals surface area contributed by atoms with Gasteiger partial charge < -0.3 is 9.88 Å². The molecule has 3 aromatic rings. The lowest BCUT2D eigenvalue weighted by Crippen LogP contribution is -2.11. The summed E-state index contributed by atoms with van der Waals surface area (Å²) in [7, 11) is 2.02. The van der Waals surface area contributed by atoms with Gasteiger partial charge in [-0.25, -0.2) is 9.97 Å². The number of hydrogen-bond acceptors (Lipinski definition) is 3. The number of imidazole rings is 1. The van der Waals surface area contributed by atoms with Gasteiger partial charge in [-0.15, -0.1) is 0 Å². The van der Waals surface area contributed by atoms with E-state index in [0.29, 0.717) is 0 Å². The molecule has 0 amide bonds. The Kier molecular flexibility index (Phi) is 2.49. The van der Waals surface area contributed by atoms with E-state index in [9.17, 15) is 0 Å². The van der Waals surface area contributed by atoms with Crippen molar-refractivity contribution in [3.63, 3.8) is 0 Å². The molecular weight excluding hydrogens is 248 g/mol. The van der Waals surface area contributed by atoms with Gasteiger partial charge in [0.2, 0.25) is 0 Å². The van der Waals surface area contributed by atoms with Gasteiger partial charge in [0.15, 0.2) is 5.65 Å². The van der Waals surface area contributed by atoms with Crippen LogP contribution < -0.4 is 5.32 Å². The highest BCUT2D eigenvalue weighted by molar-refractivity contribution is 5.77. The molecule has 0 saturated carbocycles. The molecule has 0 aliphatic carbocycles. The van der Waals surface area contributed by atoms with Crippen LogP contribution in [-0.2, 0) is 13.5 Å². The molecule has 0 radical (unpaired) electrons. The maximum Gasteiger partial charge on any atom is 0.159 e. The van der Waals surface area contributed by atoms with E-state index in [1.807, 2.05) is 25.4 Å². The zero-order chi connectivity index (χ0) is 13.5. The van der Waals surface area contributed by atoms with Crippen LogP contribution >= 0.6 is 0 Å². The lowest BCUT2D eigenvalue weighted by Gasteiger charge is -2.18. The predicted molar refractivity (Wildman–Crippen MR) is 80.8 cm³/mol. The molecule has 1 N–H and O–H groups in total. The first-order chi connectivity index (χ1) is 9.83. The van der Waals surface area contributed by atoms with Crippen LogP contribution in [0.15, 0.2) is 36.5 Å². The van der Waals surface area contributed by atoms with E-state index in [1.165, 1.54) is 17.7 Å². The monoisotopic (exact) mass is 264 g/mol. The maximum absolute atomic E-state index is 4.71. The minimum absolute atomic E-state index is 0.929. The average Bonchev–Trinajstić information content (AvgIpc) is 2.84. The first kappa shape index (κ1) is 11.5. The van der Waals surface area contributed by atoms with E-state index in [1.54, 1.807) is 0 Å². The quantitative estimate of drug-likeness (QED) is 0.734. The summed E-state index contributed by atoms with van der Waals surface area (Å²) in [5, 5.41) is 3.44. The van der Waals surface area contributed by atoms with Crippen LogP contribution in [0.5, 0.6) is 0 Å². The second-order valence-corrected chi connectivity index (χ2v) is 5.24. The summed E-state index contributed by atoms with van der Waals surface area (Å²) in [5.41, 5.74) is 5.68. The van der Waals surface area contributed by atoms with E-state index in [-0.39, 0.29) is 0 Å². The fraction of sp³-hybridized carbons (Fsp3) is 0.250. The molecule has 0 fully saturated rings. The van der Waals surface area contributed by atoms with E-state index in [0.717, 1.165) is 35.5 Å². The Hall–Kier alpha value is -2.36. The minimum atomic E-state index is 0.929. The van der Waals surface area contributed by atoms with Crippen molar-refractivity contribution in [2.24, 2.45) is 7.05 Å². The van der Waals surface area contributed by atoms with Crippen molar-refractivity contribution >= 4 is 16.9 Å². The van der Waals surface area contributed by atoms with Crippen molar-refractivity contribution in [1.29, 1.82) is 0 Å². The first-order valence-electron chi connectivity index (χ1n) is 6.97. The lowest BCUT2D eigenvalue weighted by molar-refractivity contribution is 0.830. The Labute approximate surface area is 117 Å². The topological polar surface area (TPSA) is 42.7 Å². The number of fused-ring (bicyclic) bond motifs is 2. The van der Waals surface area contributed by atoms with E-state index in [2.05, 4.69) is 33.1 Å². The van der Waals surface area contributed by atoms with Crippen molar-refractivity contribution in [3.05, 3.63) is 42.1 Å². The Morgan fingerprint density at radius 1 is 1.25 bits per heavy atom. The van der Waals surface area contributed by atoms with Crippen LogP contribution in [-0.4, -0.2) is 21.1 Å². The molecule has 4 nitrogen and oxygen atoms in total. The van der Waals surface area contributed by atoms with E-state index < -0.39 is 0 Å². The van der Waals surface area contributed by atoms with E-state index >= 15 is 0 Å². The smallest absolute Gasteiger partial charge is 0.159 e. The van der Waals surface area contributed by atoms with Crippen LogP contribution in [0, 0.1) is 0 Å². The van der Waals surface area contributed by atoms with E-state index in [4.69, 9.17) is 4.98 Å². The number of aromatic nitrogens is 3. The molecular formula is C16H16N4. The summed E-state index contributed by atoms with van der Waals surface area (Å²) in [4.78, 5) is 9.11. The molecule has 100 valence electrons. The fourth-order valence-electron chi connectivity index (χ4n) is 2.90. The van der Waals surface area contributed by atoms with Crippen LogP contribution in [0.1, 0.15) is 12.0 Å². The highest BCUT2D eigenvalue weighted by atomic mass is 15.1. The second-order valence-electron chi connectivity index (χ2n) is 5.24. The van der Waals surface area contributed by atoms with Gasteiger partial charge in [0, 0.05) is 31.0 Å². The molecule has 0 bridgehead atoms. The number of rotatable bonds is 1. The predicted octanol–water partition coefficient (Wildman–Crippen LogP) is 2.99. The molecule has 1 aliphatic rings. The van der Waals surface area contributed by atoms with Gasteiger partial charge >= 0.3 is 0 Å². The third kappa shape index (κ3) is 1.68. The van der Waals surface area contributed by atoms with Crippen molar-refractivity contribution in [1.82, 2.24) is 14.5 Å². The molecule has 0 spiro atoms. The molecule has 0 unspecified atom stereocenters. The largest absolute Gasteiger partial charge is 0.385 e. The third-order valence-corrected chi connectivity index (χ3v) is 3.93. The molecule has 1 aliphatic heterocycles. The Bertz CT molecular complexity index is 788. The van der Waals surface area contributed by atoms with Gasteiger partial charge in [-0.2, -0.15) is 0 Å². The second kappa shape index (κ2) is 4.34. The summed E-state index contributed by atoms with van der Waals surface area (Å²) in [5.74, 6) is 0.979. The summed E-state index contributed by atoms with van der Waals surface area (Å²) in [6.45, 7) is 1.07. The SMILES string of the molecule is Cn1c(-c2ccc3c(c2)CCCN3)nc2cccnc21. The average molecular weight is 264 g/mol. The van der Waals surface area contributed by atoms with Gasteiger partial charge in [0.1, 0.15) is 11.3 Å². The summed E-state index contributed by atoms with van der Waals surface area (Å²) < 4.78 is 2.06. The first-order valence-corrected chi connectivity index (χ1v) is 6.97. The van der Waals surface area contributed by atoms with Gasteiger partial charge in [0.25, 0.3) is 0 Å². The van der Waals surface area contributed by atoms with Gasteiger partial charge in [-0.3, -0.25) is 0 Å². The number of aryl methyl sites for hydroxylation is 2. The normalized spacial score (nSPS) is 14.1. The van der Waals surface area contributed by atoms with Crippen LogP contribution in [0.4, 0.5) is 5.69 Å². The maximum atomic E-state index is 4.71. The molecule has 4 rings (SSSR count). The van der Waals surface area contributed by atoms with Gasteiger partial charge in [-0.05, 0) is 48.7 Å². The number of hydrogen-bond donors (Lipinski definition) is 1. The fourth-order valence-corrected chi connectivity index (χ4v) is 2.90. The number of nitrogens with one attached hydrogen (secondary N) is 1. The number of nitrogens with zero attached hydrogens (tertiary/aromatic N) is 3. The van der Waals surface area contributed by atoms with Gasteiger partial charge in [-0.1, -0.05) is 0 Å². The Balaban J connectivity index is 1.88. The van der Waals surface area contributed by atoms with Gasteiger partial charge in [0.05, 0.1) is 0 Å². The highest BCUT2D eigenvalue weighted by Crippen LogP contribution is 2.29. The molecule has 0 saturated heterocycles. The Morgan fingerprint density at radius 2 is 2.20 bits per heavy atom. The van der Waals surface area contributed by atoms with Crippen molar-refractivity contribution in [2.45, 2.75) is 12.8 Å². The molecule has 20 heavy (non-hydrogen) atoms. The molecule has 3 heterocycles. The molecule has 0 atom stereocenters. The molecule has 2 aromatic heterocycles. The third-order valence-electron chi connectivity index (χ3n) is 3.93. The number of anilines is 1. The summed E-state index contributed by atoms with van der Waals surface area (Å²) in [6.07, 6.45) is 4.14. The van der Waals surface area contributed by atoms with Crippen LogP contribution in [0.25, 0.3) is 22.6 Å². The number of benzene rings is 1. The molecule has 1 aromatic carbocycles. The highest BCUT2D eigenvalue weighted by Gasteiger charge is 2.14. The minimum Gasteiger partial charge on any atom is -0.385 e. The lowest BCUT2D eigenvalue weighted by atomic mass is 10.0. The molecule has 4 heteroatoms. The Morgan fingerprint density at radius 3 is 3.10 bits per heavy atom. The van der Waals surface area contributed by atoms with Crippen molar-refractivity contribution in [3.8, 4) is 11.4 Å². The zero-order valence-corrected chi connectivity index (χ0v) is 11.4. The van der Waals surface area contributed by atoms with Crippen molar-refractivity contribution < 1.29 is 0 Å². The van der Waals surface area contributed by atoms with Crippen molar-refractivity contribution in [2.75, 3.05) is 11.9 Å².